The van der Waals surface area contributed by atoms with Crippen molar-refractivity contribution >= 4 is 5.91 Å². The van der Waals surface area contributed by atoms with Gasteiger partial charge in [-0.15, -0.1) is 0 Å². The summed E-state index contributed by atoms with van der Waals surface area (Å²) in [7, 11) is 0. The average molecular weight is 256 g/mol. The molecule has 1 aromatic rings. The molecule has 1 heterocycles. The molecule has 0 bridgehead atoms. The van der Waals surface area contributed by atoms with Crippen LogP contribution < -0.4 is 10.1 Å². The van der Waals surface area contributed by atoms with Crippen LogP contribution in [0.5, 0.6) is 5.88 Å². The van der Waals surface area contributed by atoms with Crippen LogP contribution in [0.2, 0.25) is 0 Å². The molecule has 0 aliphatic heterocycles. The van der Waals surface area contributed by atoms with Gasteiger partial charge in [-0.05, 0) is 24.4 Å². The highest BCUT2D eigenvalue weighted by molar-refractivity contribution is 5.77. The zero-order valence-corrected chi connectivity index (χ0v) is 10.8. The summed E-state index contributed by atoms with van der Waals surface area (Å²) in [5.74, 6) is 1.05. The number of amides is 1. The molecule has 102 valence electrons. The molecule has 0 aliphatic rings. The second-order valence-corrected chi connectivity index (χ2v) is 4.16. The Morgan fingerprint density at radius 2 is 2.44 bits per heavy atom. The Labute approximate surface area is 106 Å². The van der Waals surface area contributed by atoms with Crippen LogP contribution in [0.15, 0.2) is 10.6 Å². The van der Waals surface area contributed by atoms with Gasteiger partial charge in [0, 0.05) is 19.2 Å². The van der Waals surface area contributed by atoms with Crippen molar-refractivity contribution in [3.63, 3.8) is 0 Å². The van der Waals surface area contributed by atoms with Crippen LogP contribution >= 0.6 is 0 Å². The summed E-state index contributed by atoms with van der Waals surface area (Å²) in [5, 5.41) is 15.2. The summed E-state index contributed by atoms with van der Waals surface area (Å²) in [5.41, 5.74) is 0. The Bertz CT molecular complexity index is 365. The number of carbonyl (C=O) groups is 1. The fourth-order valence-corrected chi connectivity index (χ4v) is 1.49. The van der Waals surface area contributed by atoms with Gasteiger partial charge in [0.15, 0.2) is 6.61 Å². The van der Waals surface area contributed by atoms with Gasteiger partial charge in [-0.2, -0.15) is 0 Å². The minimum Gasteiger partial charge on any atom is -0.465 e. The molecule has 0 saturated heterocycles. The van der Waals surface area contributed by atoms with Crippen LogP contribution in [0, 0.1) is 12.8 Å². The van der Waals surface area contributed by atoms with E-state index in [0.717, 1.165) is 6.42 Å². The maximum Gasteiger partial charge on any atom is 0.258 e. The lowest BCUT2D eigenvalue weighted by atomic mass is 10.0. The lowest BCUT2D eigenvalue weighted by Crippen LogP contribution is -2.33. The number of rotatable bonds is 8. The number of ether oxygens (including phenoxy) is 1. The van der Waals surface area contributed by atoms with Gasteiger partial charge >= 0.3 is 0 Å². The zero-order chi connectivity index (χ0) is 13.4. The van der Waals surface area contributed by atoms with Gasteiger partial charge in [-0.1, -0.05) is 13.3 Å². The Kier molecular flexibility index (Phi) is 6.21. The summed E-state index contributed by atoms with van der Waals surface area (Å²) < 4.78 is 9.96. The maximum absolute atomic E-state index is 11.5. The fourth-order valence-electron chi connectivity index (χ4n) is 1.49. The Morgan fingerprint density at radius 1 is 1.67 bits per heavy atom. The molecule has 6 heteroatoms. The molecule has 2 N–H and O–H groups in total. The van der Waals surface area contributed by atoms with Crippen molar-refractivity contribution in [2.75, 3.05) is 19.8 Å². The average Bonchev–Trinajstić information content (AvgIpc) is 2.77. The Hall–Kier alpha value is -1.56. The van der Waals surface area contributed by atoms with Gasteiger partial charge in [0.05, 0.1) is 0 Å². The van der Waals surface area contributed by atoms with Crippen molar-refractivity contribution in [1.82, 2.24) is 10.5 Å². The molecular formula is C12H20N2O4. The van der Waals surface area contributed by atoms with Gasteiger partial charge in [0.1, 0.15) is 5.76 Å². The first kappa shape index (κ1) is 14.5. The molecule has 1 rings (SSSR count). The summed E-state index contributed by atoms with van der Waals surface area (Å²) in [6, 6.07) is 1.62. The minimum absolute atomic E-state index is 0.0818. The number of aromatic nitrogens is 1. The molecule has 1 amide bonds. The predicted molar refractivity (Wildman–Crippen MR) is 65.2 cm³/mol. The third kappa shape index (κ3) is 5.18. The largest absolute Gasteiger partial charge is 0.465 e. The van der Waals surface area contributed by atoms with Crippen LogP contribution in [0.4, 0.5) is 0 Å². The predicted octanol–water partition coefficient (Wildman–Crippen LogP) is 0.887. The number of aliphatic hydroxyl groups is 1. The monoisotopic (exact) mass is 256 g/mol. The molecule has 1 unspecified atom stereocenters. The number of hydrogen-bond donors (Lipinski definition) is 2. The first-order valence-corrected chi connectivity index (χ1v) is 6.09. The lowest BCUT2D eigenvalue weighted by Gasteiger charge is -2.14. The van der Waals surface area contributed by atoms with E-state index in [1.165, 1.54) is 0 Å². The second kappa shape index (κ2) is 7.71. The van der Waals surface area contributed by atoms with Crippen molar-refractivity contribution < 1.29 is 19.2 Å². The summed E-state index contributed by atoms with van der Waals surface area (Å²) in [6.07, 6.45) is 1.62. The lowest BCUT2D eigenvalue weighted by molar-refractivity contribution is -0.123. The second-order valence-electron chi connectivity index (χ2n) is 4.16. The van der Waals surface area contributed by atoms with E-state index in [1.807, 2.05) is 6.92 Å². The van der Waals surface area contributed by atoms with Gasteiger partial charge < -0.3 is 19.7 Å². The summed E-state index contributed by atoms with van der Waals surface area (Å²) >= 11 is 0. The van der Waals surface area contributed by atoms with Crippen molar-refractivity contribution in [3.05, 3.63) is 11.8 Å². The summed E-state index contributed by atoms with van der Waals surface area (Å²) in [6.45, 7) is 4.39. The number of nitrogens with zero attached hydrogens (tertiary/aromatic N) is 1. The molecule has 0 radical (unpaired) electrons. The van der Waals surface area contributed by atoms with Crippen LogP contribution in [-0.2, 0) is 4.79 Å². The molecule has 0 fully saturated rings. The van der Waals surface area contributed by atoms with E-state index in [9.17, 15) is 4.79 Å². The molecule has 0 saturated carbocycles. The summed E-state index contributed by atoms with van der Waals surface area (Å²) in [4.78, 5) is 11.5. The van der Waals surface area contributed by atoms with E-state index in [2.05, 4.69) is 10.5 Å². The highest BCUT2D eigenvalue weighted by Gasteiger charge is 2.09. The van der Waals surface area contributed by atoms with Gasteiger partial charge in [-0.25, -0.2) is 0 Å². The normalized spacial score (nSPS) is 12.2. The Balaban J connectivity index is 2.21. The molecule has 1 atom stereocenters. The van der Waals surface area contributed by atoms with Crippen LogP contribution in [0.3, 0.4) is 0 Å². The quantitative estimate of drug-likeness (QED) is 0.721. The number of carbonyl (C=O) groups excluding carboxylic acids is 1. The van der Waals surface area contributed by atoms with Crippen LogP contribution in [-0.4, -0.2) is 35.9 Å². The van der Waals surface area contributed by atoms with E-state index in [4.69, 9.17) is 14.4 Å². The smallest absolute Gasteiger partial charge is 0.258 e. The topological polar surface area (TPSA) is 84.6 Å². The number of aryl methyl sites for hydroxylation is 1. The molecular weight excluding hydrogens is 236 g/mol. The highest BCUT2D eigenvalue weighted by Crippen LogP contribution is 2.09. The third-order valence-electron chi connectivity index (χ3n) is 2.66. The van der Waals surface area contributed by atoms with Crippen molar-refractivity contribution in [3.8, 4) is 5.88 Å². The van der Waals surface area contributed by atoms with E-state index in [1.54, 1.807) is 13.0 Å². The maximum atomic E-state index is 11.5. The van der Waals surface area contributed by atoms with Crippen molar-refractivity contribution in [2.45, 2.75) is 26.7 Å². The first-order chi connectivity index (χ1) is 8.65. The van der Waals surface area contributed by atoms with E-state index >= 15 is 0 Å². The van der Waals surface area contributed by atoms with E-state index < -0.39 is 0 Å². The van der Waals surface area contributed by atoms with Crippen molar-refractivity contribution in [2.24, 2.45) is 5.92 Å². The molecule has 0 aromatic carbocycles. The standard InChI is InChI=1S/C12H20N2O4/c1-3-10(4-5-15)7-13-11(16)8-17-12-6-9(2)18-14-12/h6,10,15H,3-5,7-8H2,1-2H3,(H,13,16). The molecule has 6 nitrogen and oxygen atoms in total. The van der Waals surface area contributed by atoms with Gasteiger partial charge in [0.2, 0.25) is 0 Å². The SMILES string of the molecule is CCC(CCO)CNC(=O)COc1cc(C)on1. The zero-order valence-electron chi connectivity index (χ0n) is 10.8. The fraction of sp³-hybridized carbons (Fsp3) is 0.667. The highest BCUT2D eigenvalue weighted by atomic mass is 16.5. The number of nitrogens with one attached hydrogen (secondary N) is 1. The molecule has 0 spiro atoms. The minimum atomic E-state index is -0.202. The molecule has 18 heavy (non-hydrogen) atoms. The van der Waals surface area contributed by atoms with Crippen molar-refractivity contribution in [1.29, 1.82) is 0 Å². The molecule has 1 aromatic heterocycles. The van der Waals surface area contributed by atoms with Gasteiger partial charge in [-0.3, -0.25) is 4.79 Å². The number of aliphatic hydroxyl groups excluding tert-OH is 1. The van der Waals surface area contributed by atoms with Gasteiger partial charge in [0.25, 0.3) is 11.8 Å². The van der Waals surface area contributed by atoms with E-state index in [0.29, 0.717) is 30.5 Å². The first-order valence-electron chi connectivity index (χ1n) is 6.09. The molecule has 0 aliphatic carbocycles. The van der Waals surface area contributed by atoms with Crippen LogP contribution in [0.1, 0.15) is 25.5 Å². The van der Waals surface area contributed by atoms with Crippen LogP contribution in [0.25, 0.3) is 0 Å². The number of hydrogen-bond acceptors (Lipinski definition) is 5. The third-order valence-corrected chi connectivity index (χ3v) is 2.66. The van der Waals surface area contributed by atoms with E-state index in [-0.39, 0.29) is 19.1 Å². The Morgan fingerprint density at radius 3 is 3.00 bits per heavy atom.